The number of esters is 1. The van der Waals surface area contributed by atoms with Gasteiger partial charge in [-0.25, -0.2) is 0 Å². The maximum absolute atomic E-state index is 12.8. The zero-order valence-electron chi connectivity index (χ0n) is 48.9. The summed E-state index contributed by atoms with van der Waals surface area (Å²) in [7, 11) is 12.5. The molecule has 12 nitrogen and oxygen atoms in total. The third-order valence-corrected chi connectivity index (χ3v) is 15.6. The van der Waals surface area contributed by atoms with Crippen LogP contribution in [0.25, 0.3) is 0 Å². The maximum Gasteiger partial charge on any atom is 0.305 e. The van der Waals surface area contributed by atoms with E-state index < -0.39 is 9.21 Å². The number of allylic oxidation sites excluding steroid dienone is 2. The molecule has 79 heavy (non-hydrogen) atoms. The first-order valence-electron chi connectivity index (χ1n) is 27.1. The van der Waals surface area contributed by atoms with Gasteiger partial charge in [-0.2, -0.15) is 9.21 Å². The molecule has 0 spiro atoms. The van der Waals surface area contributed by atoms with Crippen LogP contribution in [0.3, 0.4) is 0 Å². The number of Topliss-reactive ketones (excluding diaryl/α,β-unsaturated/α-hetero) is 1. The lowest BCUT2D eigenvalue weighted by Crippen LogP contribution is -2.21. The summed E-state index contributed by atoms with van der Waals surface area (Å²) in [6.07, 6.45) is 18.5. The summed E-state index contributed by atoms with van der Waals surface area (Å²) in [5, 5.41) is 3.50. The van der Waals surface area contributed by atoms with Gasteiger partial charge in [-0.05, 0) is 184 Å². The Bertz CT molecular complexity index is 2610. The number of likely N-dealkylation sites (N-methyl/N-ethyl adjacent to an activating group) is 1. The number of aryl methyl sites for hydroxylation is 3. The first-order chi connectivity index (χ1) is 36.9. The van der Waals surface area contributed by atoms with Gasteiger partial charge in [0.15, 0.2) is 34.5 Å². The van der Waals surface area contributed by atoms with Gasteiger partial charge in [0, 0.05) is 31.3 Å². The van der Waals surface area contributed by atoms with Gasteiger partial charge >= 0.3 is 5.97 Å². The van der Waals surface area contributed by atoms with Crippen molar-refractivity contribution in [2.75, 3.05) is 69.7 Å². The number of nitrogens with two attached hydrogens (primary N) is 1. The molecule has 13 heteroatoms. The molecule has 0 aliphatic rings. The molecule has 0 amide bonds. The average molecular weight is 1120 g/mol. The van der Waals surface area contributed by atoms with Gasteiger partial charge in [0.05, 0.1) is 56.4 Å². The van der Waals surface area contributed by atoms with Gasteiger partial charge in [-0.1, -0.05) is 89.7 Å². The molecule has 0 aliphatic carbocycles. The monoisotopic (exact) mass is 1110 g/mol. The van der Waals surface area contributed by atoms with E-state index in [0.717, 1.165) is 111 Å². The lowest BCUT2D eigenvalue weighted by Gasteiger charge is -2.23. The quantitative estimate of drug-likeness (QED) is 0.0196. The molecule has 0 saturated heterocycles. The number of methoxy groups -OCH3 is 7. The van der Waals surface area contributed by atoms with Crippen LogP contribution >= 0.6 is 9.21 Å². The molecule has 0 aromatic heterocycles. The molecule has 3 N–H and O–H groups in total. The molecule has 0 bridgehead atoms. The second-order valence-electron chi connectivity index (χ2n) is 20.0. The number of rotatable bonds is 35. The van der Waals surface area contributed by atoms with Crippen molar-refractivity contribution in [1.29, 1.82) is 0 Å². The Morgan fingerprint density at radius 2 is 1.13 bits per heavy atom. The van der Waals surface area contributed by atoms with E-state index in [0.29, 0.717) is 78.5 Å². The first-order valence-corrected chi connectivity index (χ1v) is 29.5. The van der Waals surface area contributed by atoms with Crippen molar-refractivity contribution < 1.29 is 47.5 Å². The molecule has 3 atom stereocenters. The lowest BCUT2D eigenvalue weighted by molar-refractivity contribution is -0.143. The van der Waals surface area contributed by atoms with Crippen molar-refractivity contribution in [2.24, 2.45) is 11.7 Å². The molecular formula is C66H102N2O10S. The number of nitrogens with one attached hydrogen (secondary N) is 1. The standard InChI is InChI=1S/C56H80N2O10.C8H14S.2CH4/c1-38(21-25-43-30-39(2)51(63-6)36-45(43)47(57)31-40-23-27-49(61-4)52(33-40)64-7)22-26-44(59)19-15-11-12-17-29-68-56(60)20-16-13-14-18-42-35-54(66-9)55(67-10)37-46(42)48(58-3)32-41-24-28-50(62-5)53(34-41)65-8;1-6-8(7-2)9(3,4)5;;/h23-24,27-28,30,33-38,47-48,58H,11-22,25-26,29,31-32,57H2,1-10H3;6-7H,1,3-4H2,2,5H3;2*1H4/b;8-7+;;/t38?,47-,48-;;;/m1.../s1. The van der Waals surface area contributed by atoms with Crippen LogP contribution in [0.5, 0.6) is 40.2 Å². The predicted molar refractivity (Wildman–Crippen MR) is 336 cm³/mol. The number of benzene rings is 4. The van der Waals surface area contributed by atoms with Crippen LogP contribution in [-0.4, -0.2) is 93.2 Å². The van der Waals surface area contributed by atoms with Crippen LogP contribution in [-0.2, 0) is 40.0 Å². The van der Waals surface area contributed by atoms with Crippen LogP contribution in [0.4, 0.5) is 0 Å². The van der Waals surface area contributed by atoms with Crippen LogP contribution in [0.2, 0.25) is 0 Å². The Morgan fingerprint density at radius 3 is 1.66 bits per heavy atom. The van der Waals surface area contributed by atoms with E-state index in [1.807, 2.05) is 62.7 Å². The molecule has 4 aromatic rings. The highest BCUT2D eigenvalue weighted by Gasteiger charge is 2.21. The fraction of sp³-hybridized carbons (Fsp3) is 0.515. The van der Waals surface area contributed by atoms with Crippen LogP contribution in [0.15, 0.2) is 84.3 Å². The van der Waals surface area contributed by atoms with Crippen molar-refractivity contribution in [2.45, 2.75) is 150 Å². The highest BCUT2D eigenvalue weighted by Crippen LogP contribution is 2.37. The van der Waals surface area contributed by atoms with Crippen LogP contribution in [0, 0.1) is 12.8 Å². The van der Waals surface area contributed by atoms with Crippen LogP contribution in [0.1, 0.15) is 157 Å². The van der Waals surface area contributed by atoms with Gasteiger partial charge in [-0.3, -0.25) is 9.59 Å². The summed E-state index contributed by atoms with van der Waals surface area (Å²) in [5.41, 5.74) is 14.7. The molecular weight excluding hydrogens is 1010 g/mol. The number of hydrogen-bond donors (Lipinski definition) is 2. The zero-order valence-corrected chi connectivity index (χ0v) is 49.7. The highest BCUT2D eigenvalue weighted by molar-refractivity contribution is 8.30. The first kappa shape index (κ1) is 71.1. The summed E-state index contributed by atoms with van der Waals surface area (Å²) in [6, 6.07) is 20.1. The molecule has 1 unspecified atom stereocenters. The second kappa shape index (κ2) is 37.9. The predicted octanol–water partition coefficient (Wildman–Crippen LogP) is 14.7. The van der Waals surface area contributed by atoms with Crippen molar-refractivity contribution in [1.82, 2.24) is 5.32 Å². The molecule has 4 aromatic carbocycles. The number of ether oxygens (including phenoxy) is 8. The molecule has 0 heterocycles. The van der Waals surface area contributed by atoms with Crippen molar-refractivity contribution in [3.05, 3.63) is 123 Å². The molecule has 0 aliphatic heterocycles. The fourth-order valence-electron chi connectivity index (χ4n) is 9.48. The summed E-state index contributed by atoms with van der Waals surface area (Å²) >= 11 is 0. The zero-order chi connectivity index (χ0) is 56.9. The highest BCUT2D eigenvalue weighted by atomic mass is 32.2. The minimum atomic E-state index is -1.02. The van der Waals surface area contributed by atoms with E-state index in [1.54, 1.807) is 49.8 Å². The van der Waals surface area contributed by atoms with E-state index in [4.69, 9.17) is 43.6 Å². The summed E-state index contributed by atoms with van der Waals surface area (Å²) in [6.45, 7) is 10.4. The number of carbonyl (C=O) groups is 2. The Labute approximate surface area is 478 Å². The van der Waals surface area contributed by atoms with E-state index >= 15 is 0 Å². The average Bonchev–Trinajstić information content (AvgIpc) is 3.44. The number of ketones is 1. The molecule has 0 fully saturated rings. The Morgan fingerprint density at radius 1 is 0.620 bits per heavy atom. The van der Waals surface area contributed by atoms with Gasteiger partial charge in [0.2, 0.25) is 0 Å². The summed E-state index contributed by atoms with van der Waals surface area (Å²) in [5.74, 6) is 13.4. The summed E-state index contributed by atoms with van der Waals surface area (Å²) < 4.78 is 44.5. The smallest absolute Gasteiger partial charge is 0.305 e. The Kier molecular flexibility index (Phi) is 34.1. The van der Waals surface area contributed by atoms with E-state index in [9.17, 15) is 9.59 Å². The van der Waals surface area contributed by atoms with Gasteiger partial charge in [0.1, 0.15) is 11.5 Å². The molecule has 442 valence electrons. The van der Waals surface area contributed by atoms with E-state index in [2.05, 4.69) is 67.8 Å². The van der Waals surface area contributed by atoms with Crippen LogP contribution < -0.4 is 44.2 Å². The number of unbranched alkanes of at least 4 members (excludes halogenated alkanes) is 5. The van der Waals surface area contributed by atoms with Crippen molar-refractivity contribution in [3.8, 4) is 40.2 Å². The topological polar surface area (TPSA) is 146 Å². The SMILES string of the molecule is C.C.C=C/C(=C\C)S(=C)(=C)C.CN[C@H](Cc1ccc(OC)c(OC)c1)c1cc(OC)c(OC)cc1CCCCCC(=O)OCCCCCCC(=O)CCC(C)CCc1cc(C)c(OC)cc1[C@H](N)Cc1ccc(OC)c(OC)c1. The second-order valence-corrected chi connectivity index (χ2v) is 23.0. The molecule has 0 saturated carbocycles. The molecule has 4 rings (SSSR count). The maximum atomic E-state index is 12.8. The minimum Gasteiger partial charge on any atom is -0.496 e. The third-order valence-electron chi connectivity index (χ3n) is 14.0. The normalized spacial score (nSPS) is 12.2. The number of hydrogen-bond acceptors (Lipinski definition) is 12. The van der Waals surface area contributed by atoms with Crippen molar-refractivity contribution in [3.63, 3.8) is 0 Å². The van der Waals surface area contributed by atoms with Gasteiger partial charge < -0.3 is 48.9 Å². The third kappa shape index (κ3) is 23.8. The van der Waals surface area contributed by atoms with Crippen molar-refractivity contribution >= 4 is 32.7 Å². The largest absolute Gasteiger partial charge is 0.496 e. The van der Waals surface area contributed by atoms with Gasteiger partial charge in [-0.15, -0.1) is 0 Å². The van der Waals surface area contributed by atoms with E-state index in [-0.39, 0.29) is 32.9 Å². The minimum absolute atomic E-state index is 0. The van der Waals surface area contributed by atoms with Gasteiger partial charge in [0.25, 0.3) is 0 Å². The fourth-order valence-corrected chi connectivity index (χ4v) is 10.5. The molecule has 0 radical (unpaired) electrons. The Balaban J connectivity index is 0.00000259. The Hall–Kier alpha value is -5.89. The van der Waals surface area contributed by atoms with E-state index in [1.165, 1.54) is 16.0 Å². The number of carbonyl (C=O) groups excluding carboxylic acids is 2. The lowest BCUT2D eigenvalue weighted by atomic mass is 9.88. The summed E-state index contributed by atoms with van der Waals surface area (Å²) in [4.78, 5) is 26.6.